The van der Waals surface area contributed by atoms with E-state index in [9.17, 15) is 0 Å². The van der Waals surface area contributed by atoms with Crippen LogP contribution in [0.4, 0.5) is 5.95 Å². The third-order valence-corrected chi connectivity index (χ3v) is 2.32. The maximum atomic E-state index is 5.67. The van der Waals surface area contributed by atoms with Gasteiger partial charge in [-0.1, -0.05) is 6.42 Å². The minimum atomic E-state index is 0.414. The van der Waals surface area contributed by atoms with Gasteiger partial charge in [0.25, 0.3) is 5.95 Å². The topological polar surface area (TPSA) is 94.8 Å². The molecule has 1 saturated carbocycles. The molecule has 1 aromatic heterocycles. The fourth-order valence-corrected chi connectivity index (χ4v) is 1.35. The highest BCUT2D eigenvalue weighted by Gasteiger charge is 2.25. The number of aromatic nitrogens is 3. The van der Waals surface area contributed by atoms with Crippen LogP contribution in [0.3, 0.4) is 0 Å². The second kappa shape index (κ2) is 2.63. The van der Waals surface area contributed by atoms with Crippen molar-refractivity contribution in [2.75, 3.05) is 11.3 Å². The van der Waals surface area contributed by atoms with Crippen LogP contribution in [0.15, 0.2) is 0 Å². The molecule has 0 amide bonds. The van der Waals surface area contributed by atoms with Gasteiger partial charge >= 0.3 is 0 Å². The van der Waals surface area contributed by atoms with Gasteiger partial charge in [0.05, 0.1) is 0 Å². The molecule has 0 aromatic carbocycles. The third kappa shape index (κ3) is 0.918. The maximum Gasteiger partial charge on any atom is 0.257 e. The first kappa shape index (κ1) is 7.35. The molecule has 12 heavy (non-hydrogen) atoms. The average Bonchev–Trinajstić information content (AvgIpc) is 2.30. The van der Waals surface area contributed by atoms with Crippen LogP contribution in [0.2, 0.25) is 0 Å². The summed E-state index contributed by atoms with van der Waals surface area (Å²) < 4.78 is 1.42. The Labute approximate surface area is 69.9 Å². The molecule has 1 fully saturated rings. The molecule has 0 spiro atoms. The van der Waals surface area contributed by atoms with E-state index in [1.165, 1.54) is 11.1 Å². The Morgan fingerprint density at radius 1 is 1.42 bits per heavy atom. The van der Waals surface area contributed by atoms with Gasteiger partial charge in [-0.05, 0) is 12.8 Å². The Hall–Kier alpha value is -1.30. The van der Waals surface area contributed by atoms with Gasteiger partial charge in [0.15, 0.2) is 5.82 Å². The first-order chi connectivity index (χ1) is 5.83. The number of hydrogen-bond acceptors (Lipinski definition) is 5. The van der Waals surface area contributed by atoms with Gasteiger partial charge in [-0.25, -0.2) is 10.5 Å². The van der Waals surface area contributed by atoms with Crippen molar-refractivity contribution in [3.63, 3.8) is 0 Å². The fraction of sp³-hybridized carbons (Fsp3) is 0.667. The van der Waals surface area contributed by atoms with Gasteiger partial charge in [0, 0.05) is 5.92 Å². The van der Waals surface area contributed by atoms with E-state index in [2.05, 4.69) is 15.6 Å². The summed E-state index contributed by atoms with van der Waals surface area (Å²) in [5, 5.41) is 7.74. The molecule has 1 aromatic rings. The van der Waals surface area contributed by atoms with E-state index in [1.54, 1.807) is 0 Å². The lowest BCUT2D eigenvalue weighted by atomic mass is 9.85. The molecule has 0 unspecified atom stereocenters. The van der Waals surface area contributed by atoms with Crippen LogP contribution in [-0.4, -0.2) is 14.9 Å². The lowest BCUT2D eigenvalue weighted by Crippen LogP contribution is -2.23. The van der Waals surface area contributed by atoms with Crippen LogP contribution in [0.25, 0.3) is 0 Å². The van der Waals surface area contributed by atoms with E-state index in [1.807, 2.05) is 0 Å². The molecule has 6 nitrogen and oxygen atoms in total. The molecule has 1 aliphatic rings. The SMILES string of the molecule is NNc1nnc(C2CCC2)n1N. The Kier molecular flexibility index (Phi) is 1.61. The quantitative estimate of drug-likeness (QED) is 0.410. The smallest absolute Gasteiger partial charge is 0.257 e. The highest BCUT2D eigenvalue weighted by Crippen LogP contribution is 2.34. The lowest BCUT2D eigenvalue weighted by molar-refractivity contribution is 0.395. The van der Waals surface area contributed by atoms with Crippen molar-refractivity contribution in [1.29, 1.82) is 0 Å². The van der Waals surface area contributed by atoms with Crippen molar-refractivity contribution in [2.45, 2.75) is 25.2 Å². The van der Waals surface area contributed by atoms with Crippen molar-refractivity contribution in [2.24, 2.45) is 5.84 Å². The van der Waals surface area contributed by atoms with E-state index in [-0.39, 0.29) is 0 Å². The first-order valence-electron chi connectivity index (χ1n) is 4.00. The predicted molar refractivity (Wildman–Crippen MR) is 44.6 cm³/mol. The van der Waals surface area contributed by atoms with Gasteiger partial charge in [-0.15, -0.1) is 10.2 Å². The molecule has 1 aliphatic carbocycles. The molecule has 66 valence electrons. The molecule has 0 radical (unpaired) electrons. The average molecular weight is 168 g/mol. The molecule has 6 heteroatoms. The van der Waals surface area contributed by atoms with Crippen LogP contribution in [0, 0.1) is 0 Å². The number of nitrogens with two attached hydrogens (primary N) is 2. The van der Waals surface area contributed by atoms with Crippen molar-refractivity contribution >= 4 is 5.95 Å². The summed E-state index contributed by atoms with van der Waals surface area (Å²) in [6.07, 6.45) is 3.56. The minimum absolute atomic E-state index is 0.414. The van der Waals surface area contributed by atoms with E-state index >= 15 is 0 Å². The van der Waals surface area contributed by atoms with Crippen LogP contribution < -0.4 is 17.1 Å². The van der Waals surface area contributed by atoms with E-state index in [4.69, 9.17) is 11.7 Å². The molecule has 0 saturated heterocycles. The van der Waals surface area contributed by atoms with E-state index < -0.39 is 0 Å². The maximum absolute atomic E-state index is 5.67. The van der Waals surface area contributed by atoms with Crippen molar-refractivity contribution < 1.29 is 0 Å². The molecule has 5 N–H and O–H groups in total. The summed E-state index contributed by atoms with van der Waals surface area (Å²) >= 11 is 0. The summed E-state index contributed by atoms with van der Waals surface area (Å²) in [6.45, 7) is 0. The number of nitrogen functional groups attached to an aromatic ring is 2. The molecule has 0 bridgehead atoms. The minimum Gasteiger partial charge on any atom is -0.335 e. The number of rotatable bonds is 2. The summed E-state index contributed by atoms with van der Waals surface area (Å²) in [4.78, 5) is 0. The van der Waals surface area contributed by atoms with Gasteiger partial charge in [0.1, 0.15) is 0 Å². The summed E-state index contributed by atoms with van der Waals surface area (Å²) in [7, 11) is 0. The number of hydrogen-bond donors (Lipinski definition) is 3. The zero-order chi connectivity index (χ0) is 8.55. The monoisotopic (exact) mass is 168 g/mol. The second-order valence-electron chi connectivity index (χ2n) is 3.02. The summed E-state index contributed by atoms with van der Waals surface area (Å²) in [6, 6.07) is 0. The molecule has 0 atom stereocenters. The van der Waals surface area contributed by atoms with Crippen molar-refractivity contribution in [1.82, 2.24) is 14.9 Å². The highest BCUT2D eigenvalue weighted by molar-refractivity contribution is 5.25. The Balaban J connectivity index is 2.25. The Morgan fingerprint density at radius 3 is 2.58 bits per heavy atom. The number of nitrogens with one attached hydrogen (secondary N) is 1. The highest BCUT2D eigenvalue weighted by atomic mass is 15.5. The standard InChI is InChI=1S/C6H12N6/c7-9-6-11-10-5(12(6)8)4-2-1-3-4/h4H,1-3,7-8H2,(H,9,11). The van der Waals surface area contributed by atoms with E-state index in [0.29, 0.717) is 11.9 Å². The van der Waals surface area contributed by atoms with Gasteiger partial charge < -0.3 is 5.84 Å². The molecule has 2 rings (SSSR count). The van der Waals surface area contributed by atoms with Crippen LogP contribution in [-0.2, 0) is 0 Å². The lowest BCUT2D eigenvalue weighted by Gasteiger charge is -2.23. The molecular formula is C6H12N6. The first-order valence-corrected chi connectivity index (χ1v) is 4.00. The van der Waals surface area contributed by atoms with Crippen LogP contribution in [0.1, 0.15) is 31.0 Å². The van der Waals surface area contributed by atoms with E-state index in [0.717, 1.165) is 18.7 Å². The van der Waals surface area contributed by atoms with Gasteiger partial charge in [-0.2, -0.15) is 0 Å². The van der Waals surface area contributed by atoms with Crippen molar-refractivity contribution in [3.8, 4) is 0 Å². The fourth-order valence-electron chi connectivity index (χ4n) is 1.35. The normalized spacial score (nSPS) is 17.4. The third-order valence-electron chi connectivity index (χ3n) is 2.32. The number of nitrogens with zero attached hydrogens (tertiary/aromatic N) is 3. The zero-order valence-corrected chi connectivity index (χ0v) is 6.70. The van der Waals surface area contributed by atoms with Crippen LogP contribution in [0.5, 0.6) is 0 Å². The predicted octanol–water partition coefficient (Wildman–Crippen LogP) is -0.455. The second-order valence-corrected chi connectivity index (χ2v) is 3.02. The molecule has 1 heterocycles. The van der Waals surface area contributed by atoms with Crippen molar-refractivity contribution in [3.05, 3.63) is 5.82 Å². The number of hydrazine groups is 1. The summed E-state index contributed by atoms with van der Waals surface area (Å²) in [5.74, 6) is 12.6. The number of anilines is 1. The Morgan fingerprint density at radius 2 is 2.17 bits per heavy atom. The zero-order valence-electron chi connectivity index (χ0n) is 6.70. The largest absolute Gasteiger partial charge is 0.335 e. The van der Waals surface area contributed by atoms with Gasteiger partial charge in [-0.3, -0.25) is 5.43 Å². The summed E-state index contributed by atoms with van der Waals surface area (Å²) in [5.41, 5.74) is 2.38. The Bertz CT molecular complexity index is 276. The van der Waals surface area contributed by atoms with Crippen LogP contribution >= 0.6 is 0 Å². The molecule has 0 aliphatic heterocycles. The molecular weight excluding hydrogens is 156 g/mol. The van der Waals surface area contributed by atoms with Gasteiger partial charge in [0.2, 0.25) is 0 Å².